The van der Waals surface area contributed by atoms with Crippen molar-refractivity contribution in [3.63, 3.8) is 0 Å². The lowest BCUT2D eigenvalue weighted by Crippen LogP contribution is -2.19. The van der Waals surface area contributed by atoms with Crippen molar-refractivity contribution >= 4 is 0 Å². The number of benzene rings is 1. The molecule has 1 atom stereocenters. The molecule has 1 saturated carbocycles. The molecular weight excluding hydrogens is 214 g/mol. The maximum Gasteiger partial charge on any atom is 0.231 e. The van der Waals surface area contributed by atoms with Crippen molar-refractivity contribution in [1.29, 1.82) is 0 Å². The number of hydrogen-bond acceptors (Lipinski definition) is 3. The Balaban J connectivity index is 1.85. The van der Waals surface area contributed by atoms with E-state index in [4.69, 9.17) is 15.2 Å². The summed E-state index contributed by atoms with van der Waals surface area (Å²) in [7, 11) is 0. The standard InChI is InChI=1S/C14H19NO2/c15-8-12(10-3-1-2-4-10)11-5-6-13-14(7-11)17-9-16-13/h5-7,10,12H,1-4,8-9,15H2. The third kappa shape index (κ3) is 2.00. The molecule has 0 amide bonds. The summed E-state index contributed by atoms with van der Waals surface area (Å²) in [5.41, 5.74) is 7.27. The third-order valence-electron chi connectivity index (χ3n) is 4.05. The molecule has 2 aliphatic rings. The molecule has 92 valence electrons. The average molecular weight is 233 g/mol. The SMILES string of the molecule is NCC(c1ccc2c(c1)OCO2)C1CCCC1. The predicted molar refractivity (Wildman–Crippen MR) is 66.3 cm³/mol. The first-order valence-corrected chi connectivity index (χ1v) is 6.48. The number of nitrogens with two attached hydrogens (primary N) is 1. The van der Waals surface area contributed by atoms with E-state index in [2.05, 4.69) is 12.1 Å². The molecule has 0 spiro atoms. The van der Waals surface area contributed by atoms with Crippen LogP contribution in [0.4, 0.5) is 0 Å². The molecule has 0 radical (unpaired) electrons. The number of hydrogen-bond donors (Lipinski definition) is 1. The molecule has 1 fully saturated rings. The highest BCUT2D eigenvalue weighted by atomic mass is 16.7. The third-order valence-corrected chi connectivity index (χ3v) is 4.05. The van der Waals surface area contributed by atoms with Gasteiger partial charge in [-0.2, -0.15) is 0 Å². The normalized spacial score (nSPS) is 20.8. The van der Waals surface area contributed by atoms with Crippen LogP contribution in [-0.4, -0.2) is 13.3 Å². The Morgan fingerprint density at radius 1 is 1.18 bits per heavy atom. The first-order chi connectivity index (χ1) is 8.38. The van der Waals surface area contributed by atoms with Crippen LogP contribution in [-0.2, 0) is 0 Å². The van der Waals surface area contributed by atoms with E-state index in [9.17, 15) is 0 Å². The highest BCUT2D eigenvalue weighted by Gasteiger charge is 2.26. The Kier molecular flexibility index (Phi) is 2.93. The first-order valence-electron chi connectivity index (χ1n) is 6.48. The Labute approximate surface area is 102 Å². The van der Waals surface area contributed by atoms with E-state index < -0.39 is 0 Å². The van der Waals surface area contributed by atoms with E-state index in [1.54, 1.807) is 0 Å². The van der Waals surface area contributed by atoms with Gasteiger partial charge < -0.3 is 15.2 Å². The van der Waals surface area contributed by atoms with Gasteiger partial charge in [-0.1, -0.05) is 18.9 Å². The van der Waals surface area contributed by atoms with Crippen LogP contribution in [0.1, 0.15) is 37.2 Å². The fraction of sp³-hybridized carbons (Fsp3) is 0.571. The Morgan fingerprint density at radius 2 is 1.94 bits per heavy atom. The van der Waals surface area contributed by atoms with E-state index in [1.165, 1.54) is 31.2 Å². The minimum atomic E-state index is 0.343. The maximum absolute atomic E-state index is 5.96. The molecule has 1 aromatic carbocycles. The molecule has 1 aliphatic carbocycles. The van der Waals surface area contributed by atoms with Crippen molar-refractivity contribution in [3.05, 3.63) is 23.8 Å². The summed E-state index contributed by atoms with van der Waals surface area (Å²) in [5, 5.41) is 0. The van der Waals surface area contributed by atoms with Crippen molar-refractivity contribution in [2.45, 2.75) is 31.6 Å². The van der Waals surface area contributed by atoms with Gasteiger partial charge in [-0.25, -0.2) is 0 Å². The van der Waals surface area contributed by atoms with Crippen molar-refractivity contribution in [2.75, 3.05) is 13.3 Å². The molecule has 3 heteroatoms. The lowest BCUT2D eigenvalue weighted by Gasteiger charge is -2.22. The molecular formula is C14H19NO2. The Hall–Kier alpha value is -1.22. The van der Waals surface area contributed by atoms with Crippen molar-refractivity contribution in [2.24, 2.45) is 11.7 Å². The van der Waals surface area contributed by atoms with Gasteiger partial charge in [0.1, 0.15) is 0 Å². The molecule has 1 unspecified atom stereocenters. The van der Waals surface area contributed by atoms with Gasteiger partial charge in [-0.05, 0) is 48.9 Å². The Bertz CT molecular complexity index is 399. The zero-order valence-corrected chi connectivity index (χ0v) is 10.0. The molecule has 0 aromatic heterocycles. The zero-order chi connectivity index (χ0) is 11.7. The van der Waals surface area contributed by atoms with Crippen LogP contribution >= 0.6 is 0 Å². The first kappa shape index (κ1) is 10.9. The smallest absolute Gasteiger partial charge is 0.231 e. The highest BCUT2D eigenvalue weighted by molar-refractivity contribution is 5.45. The summed E-state index contributed by atoms with van der Waals surface area (Å²) in [6.07, 6.45) is 5.34. The van der Waals surface area contributed by atoms with Gasteiger partial charge in [-0.3, -0.25) is 0 Å². The van der Waals surface area contributed by atoms with E-state index >= 15 is 0 Å². The Morgan fingerprint density at radius 3 is 2.71 bits per heavy atom. The topological polar surface area (TPSA) is 44.5 Å². The van der Waals surface area contributed by atoms with Gasteiger partial charge in [0.15, 0.2) is 11.5 Å². The number of fused-ring (bicyclic) bond motifs is 1. The molecule has 3 nitrogen and oxygen atoms in total. The summed E-state index contributed by atoms with van der Waals surface area (Å²) in [5.74, 6) is 2.96. The summed E-state index contributed by atoms with van der Waals surface area (Å²) in [4.78, 5) is 0. The van der Waals surface area contributed by atoms with Crippen LogP contribution in [0.3, 0.4) is 0 Å². The van der Waals surface area contributed by atoms with Gasteiger partial charge in [0, 0.05) is 0 Å². The summed E-state index contributed by atoms with van der Waals surface area (Å²) in [6.45, 7) is 1.07. The van der Waals surface area contributed by atoms with Crippen LogP contribution < -0.4 is 15.2 Å². The molecule has 0 bridgehead atoms. The largest absolute Gasteiger partial charge is 0.454 e. The molecule has 17 heavy (non-hydrogen) atoms. The van der Waals surface area contributed by atoms with Crippen LogP contribution in [0, 0.1) is 5.92 Å². The van der Waals surface area contributed by atoms with E-state index in [0.717, 1.165) is 24.0 Å². The van der Waals surface area contributed by atoms with Crippen molar-refractivity contribution in [3.8, 4) is 11.5 Å². The van der Waals surface area contributed by atoms with E-state index in [0.29, 0.717) is 12.7 Å². The molecule has 0 saturated heterocycles. The second-order valence-corrected chi connectivity index (χ2v) is 5.00. The van der Waals surface area contributed by atoms with Crippen molar-refractivity contribution in [1.82, 2.24) is 0 Å². The second kappa shape index (κ2) is 4.57. The molecule has 1 heterocycles. The minimum Gasteiger partial charge on any atom is -0.454 e. The van der Waals surface area contributed by atoms with Crippen LogP contribution in [0.15, 0.2) is 18.2 Å². The summed E-state index contributed by atoms with van der Waals surface area (Å²) in [6, 6.07) is 6.26. The quantitative estimate of drug-likeness (QED) is 0.873. The van der Waals surface area contributed by atoms with Crippen molar-refractivity contribution < 1.29 is 9.47 Å². The lowest BCUT2D eigenvalue weighted by atomic mass is 9.85. The van der Waals surface area contributed by atoms with E-state index in [1.807, 2.05) is 6.07 Å². The highest BCUT2D eigenvalue weighted by Crippen LogP contribution is 2.40. The van der Waals surface area contributed by atoms with Gasteiger partial charge in [0.2, 0.25) is 6.79 Å². The maximum atomic E-state index is 5.96. The average Bonchev–Trinajstić information content (AvgIpc) is 2.99. The predicted octanol–water partition coefficient (Wildman–Crippen LogP) is 2.65. The van der Waals surface area contributed by atoms with Gasteiger partial charge in [0.05, 0.1) is 0 Å². The number of ether oxygens (including phenoxy) is 2. The fourth-order valence-electron chi connectivity index (χ4n) is 3.10. The fourth-order valence-corrected chi connectivity index (χ4v) is 3.10. The summed E-state index contributed by atoms with van der Waals surface area (Å²) >= 11 is 0. The van der Waals surface area contributed by atoms with E-state index in [-0.39, 0.29) is 0 Å². The van der Waals surface area contributed by atoms with Crippen LogP contribution in [0.2, 0.25) is 0 Å². The minimum absolute atomic E-state index is 0.343. The molecule has 1 aliphatic heterocycles. The zero-order valence-electron chi connectivity index (χ0n) is 10.0. The molecule has 2 N–H and O–H groups in total. The lowest BCUT2D eigenvalue weighted by molar-refractivity contribution is 0.174. The monoisotopic (exact) mass is 233 g/mol. The van der Waals surface area contributed by atoms with Gasteiger partial charge in [0.25, 0.3) is 0 Å². The van der Waals surface area contributed by atoms with Crippen LogP contribution in [0.5, 0.6) is 11.5 Å². The molecule has 3 rings (SSSR count). The molecule has 1 aromatic rings. The van der Waals surface area contributed by atoms with Gasteiger partial charge in [-0.15, -0.1) is 0 Å². The number of rotatable bonds is 3. The second-order valence-electron chi connectivity index (χ2n) is 5.00. The summed E-state index contributed by atoms with van der Waals surface area (Å²) < 4.78 is 10.8. The van der Waals surface area contributed by atoms with Gasteiger partial charge >= 0.3 is 0 Å². The van der Waals surface area contributed by atoms with Crippen LogP contribution in [0.25, 0.3) is 0 Å².